The number of anilines is 1. The van der Waals surface area contributed by atoms with Gasteiger partial charge in [0.2, 0.25) is 5.95 Å². The quantitative estimate of drug-likeness (QED) is 0.784. The number of rotatable bonds is 7. The maximum absolute atomic E-state index is 10.9. The third-order valence-electron chi connectivity index (χ3n) is 4.89. The van der Waals surface area contributed by atoms with E-state index in [0.717, 1.165) is 32.5 Å². The van der Waals surface area contributed by atoms with Gasteiger partial charge in [0.25, 0.3) is 0 Å². The smallest absolute Gasteiger partial charge is 0.338 e. The van der Waals surface area contributed by atoms with Crippen molar-refractivity contribution in [3.05, 3.63) is 59.9 Å². The number of aromatic carboxylic acids is 1. The van der Waals surface area contributed by atoms with E-state index >= 15 is 0 Å². The molecule has 0 bridgehead atoms. The Kier molecular flexibility index (Phi) is 6.54. The van der Waals surface area contributed by atoms with Gasteiger partial charge in [-0.25, -0.2) is 14.8 Å². The van der Waals surface area contributed by atoms with Gasteiger partial charge in [-0.05, 0) is 37.8 Å². The first kappa shape index (κ1) is 19.0. The molecule has 0 saturated carbocycles. The van der Waals surface area contributed by atoms with E-state index in [9.17, 15) is 4.79 Å². The van der Waals surface area contributed by atoms with E-state index in [1.807, 2.05) is 18.2 Å². The number of piperidine rings is 1. The number of hydrogen-bond donors (Lipinski definition) is 2. The van der Waals surface area contributed by atoms with Crippen molar-refractivity contribution in [2.45, 2.75) is 25.8 Å². The van der Waals surface area contributed by atoms with Crippen molar-refractivity contribution >= 4 is 18.0 Å². The Bertz CT molecular complexity index is 754. The molecule has 1 atom stereocenters. The Hall–Kier alpha value is -2.73. The van der Waals surface area contributed by atoms with Gasteiger partial charge in [-0.2, -0.15) is 0 Å². The molecule has 1 fully saturated rings. The van der Waals surface area contributed by atoms with Crippen molar-refractivity contribution < 1.29 is 9.90 Å². The van der Waals surface area contributed by atoms with Gasteiger partial charge >= 0.3 is 5.97 Å². The SMILES string of the molecule is CC(/C=C/c1ccccc1)NCC1CCN(c2ncc(C(=O)O)cn2)CC1. The molecule has 0 amide bonds. The Morgan fingerprint density at radius 1 is 1.26 bits per heavy atom. The van der Waals surface area contributed by atoms with Gasteiger partial charge in [-0.1, -0.05) is 42.5 Å². The van der Waals surface area contributed by atoms with Gasteiger partial charge in [0.15, 0.2) is 0 Å². The molecule has 6 nitrogen and oxygen atoms in total. The molecule has 0 aliphatic carbocycles. The molecule has 2 heterocycles. The second kappa shape index (κ2) is 9.28. The van der Waals surface area contributed by atoms with E-state index in [4.69, 9.17) is 5.11 Å². The lowest BCUT2D eigenvalue weighted by Crippen LogP contribution is -2.39. The topological polar surface area (TPSA) is 78.4 Å². The molecule has 1 aromatic carbocycles. The summed E-state index contributed by atoms with van der Waals surface area (Å²) in [7, 11) is 0. The van der Waals surface area contributed by atoms with Crippen LogP contribution in [-0.2, 0) is 0 Å². The van der Waals surface area contributed by atoms with E-state index in [1.54, 1.807) is 0 Å². The molecule has 0 radical (unpaired) electrons. The van der Waals surface area contributed by atoms with Gasteiger partial charge in [-0.3, -0.25) is 0 Å². The fourth-order valence-corrected chi connectivity index (χ4v) is 3.17. The maximum Gasteiger partial charge on any atom is 0.338 e. The summed E-state index contributed by atoms with van der Waals surface area (Å²) in [6.45, 7) is 4.96. The van der Waals surface area contributed by atoms with E-state index in [2.05, 4.69) is 51.4 Å². The molecular weight excluding hydrogens is 340 g/mol. The molecule has 6 heteroatoms. The zero-order valence-electron chi connectivity index (χ0n) is 15.6. The Balaban J connectivity index is 1.41. The van der Waals surface area contributed by atoms with Crippen LogP contribution in [0, 0.1) is 5.92 Å². The molecule has 1 unspecified atom stereocenters. The standard InChI is InChI=1S/C21H26N4O2/c1-16(7-8-17-5-3-2-4-6-17)22-13-18-9-11-25(12-10-18)21-23-14-19(15-24-21)20(26)27/h2-8,14-16,18,22H,9-13H2,1H3,(H,26,27)/b8-7+. The van der Waals surface area contributed by atoms with Crippen molar-refractivity contribution in [2.24, 2.45) is 5.92 Å². The van der Waals surface area contributed by atoms with E-state index < -0.39 is 5.97 Å². The summed E-state index contributed by atoms with van der Waals surface area (Å²) in [6.07, 6.45) is 9.25. The van der Waals surface area contributed by atoms with Gasteiger partial charge in [-0.15, -0.1) is 0 Å². The molecule has 3 rings (SSSR count). The second-order valence-corrected chi connectivity index (χ2v) is 6.97. The van der Waals surface area contributed by atoms with Gasteiger partial charge in [0.1, 0.15) is 0 Å². The third kappa shape index (κ3) is 5.62. The predicted molar refractivity (Wildman–Crippen MR) is 107 cm³/mol. The number of carboxylic acid groups (broad SMARTS) is 1. The molecule has 1 aliphatic rings. The number of aromatic nitrogens is 2. The van der Waals surface area contributed by atoms with Crippen molar-refractivity contribution in [2.75, 3.05) is 24.5 Å². The number of carbonyl (C=O) groups is 1. The molecule has 1 saturated heterocycles. The van der Waals surface area contributed by atoms with Crippen molar-refractivity contribution in [3.63, 3.8) is 0 Å². The normalized spacial score (nSPS) is 16.6. The number of benzene rings is 1. The van der Waals surface area contributed by atoms with Crippen LogP contribution >= 0.6 is 0 Å². The highest BCUT2D eigenvalue weighted by Gasteiger charge is 2.21. The number of hydrogen-bond acceptors (Lipinski definition) is 5. The summed E-state index contributed by atoms with van der Waals surface area (Å²) in [5.41, 5.74) is 1.34. The molecule has 2 aromatic rings. The van der Waals surface area contributed by atoms with Gasteiger partial charge in [0.05, 0.1) is 5.56 Å². The summed E-state index contributed by atoms with van der Waals surface area (Å²) in [6, 6.07) is 10.6. The summed E-state index contributed by atoms with van der Waals surface area (Å²) >= 11 is 0. The Labute approximate surface area is 160 Å². The van der Waals surface area contributed by atoms with Crippen molar-refractivity contribution in [1.82, 2.24) is 15.3 Å². The highest BCUT2D eigenvalue weighted by Crippen LogP contribution is 2.20. The van der Waals surface area contributed by atoms with E-state index in [-0.39, 0.29) is 5.56 Å². The number of nitrogens with zero attached hydrogens (tertiary/aromatic N) is 3. The van der Waals surface area contributed by atoms with Gasteiger partial charge in [0, 0.05) is 31.5 Å². The number of nitrogens with one attached hydrogen (secondary N) is 1. The second-order valence-electron chi connectivity index (χ2n) is 6.97. The zero-order chi connectivity index (χ0) is 19.1. The monoisotopic (exact) mass is 366 g/mol. The molecule has 0 spiro atoms. The number of carboxylic acids is 1. The molecule has 2 N–H and O–H groups in total. The van der Waals surface area contributed by atoms with Crippen LogP contribution in [0.25, 0.3) is 6.08 Å². The van der Waals surface area contributed by atoms with Crippen LogP contribution in [0.15, 0.2) is 48.8 Å². The maximum atomic E-state index is 10.9. The largest absolute Gasteiger partial charge is 0.478 e. The summed E-state index contributed by atoms with van der Waals surface area (Å²) in [5, 5.41) is 12.5. The van der Waals surface area contributed by atoms with Crippen LogP contribution in [-0.4, -0.2) is 46.7 Å². The minimum Gasteiger partial charge on any atom is -0.478 e. The summed E-state index contributed by atoms with van der Waals surface area (Å²) in [4.78, 5) is 21.4. The molecule has 142 valence electrons. The minimum absolute atomic E-state index is 0.121. The molecule has 1 aliphatic heterocycles. The van der Waals surface area contributed by atoms with Crippen molar-refractivity contribution in [1.29, 1.82) is 0 Å². The van der Waals surface area contributed by atoms with Crippen LogP contribution in [0.5, 0.6) is 0 Å². The van der Waals surface area contributed by atoms with Crippen molar-refractivity contribution in [3.8, 4) is 0 Å². The average molecular weight is 366 g/mol. The first-order valence-electron chi connectivity index (χ1n) is 9.39. The highest BCUT2D eigenvalue weighted by atomic mass is 16.4. The van der Waals surface area contributed by atoms with Crippen LogP contribution in [0.1, 0.15) is 35.7 Å². The lowest BCUT2D eigenvalue weighted by molar-refractivity contribution is 0.0696. The molecular formula is C21H26N4O2. The first-order valence-corrected chi connectivity index (χ1v) is 9.39. The van der Waals surface area contributed by atoms with E-state index in [0.29, 0.717) is 17.9 Å². The lowest BCUT2D eigenvalue weighted by Gasteiger charge is -2.32. The lowest BCUT2D eigenvalue weighted by atomic mass is 9.96. The van der Waals surface area contributed by atoms with Crippen LogP contribution < -0.4 is 10.2 Å². The Morgan fingerprint density at radius 2 is 1.93 bits per heavy atom. The summed E-state index contributed by atoms with van der Waals surface area (Å²) < 4.78 is 0. The zero-order valence-corrected chi connectivity index (χ0v) is 15.6. The Morgan fingerprint density at radius 3 is 2.56 bits per heavy atom. The van der Waals surface area contributed by atoms with E-state index in [1.165, 1.54) is 18.0 Å². The minimum atomic E-state index is -0.998. The van der Waals surface area contributed by atoms with Crippen LogP contribution in [0.3, 0.4) is 0 Å². The van der Waals surface area contributed by atoms with Gasteiger partial charge < -0.3 is 15.3 Å². The first-order chi connectivity index (χ1) is 13.1. The highest BCUT2D eigenvalue weighted by molar-refractivity contribution is 5.86. The van der Waals surface area contributed by atoms with Crippen LogP contribution in [0.2, 0.25) is 0 Å². The predicted octanol–water partition coefficient (Wildman–Crippen LogP) is 3.08. The molecule has 27 heavy (non-hydrogen) atoms. The summed E-state index contributed by atoms with van der Waals surface area (Å²) in [5.74, 6) is 0.249. The fourth-order valence-electron chi connectivity index (χ4n) is 3.17. The third-order valence-corrected chi connectivity index (χ3v) is 4.89. The molecule has 1 aromatic heterocycles. The average Bonchev–Trinajstić information content (AvgIpc) is 2.72. The fraction of sp³-hybridized carbons (Fsp3) is 0.381. The van der Waals surface area contributed by atoms with Crippen LogP contribution in [0.4, 0.5) is 5.95 Å².